The minimum Gasteiger partial charge on any atom is -0.395 e. The minimum absolute atomic E-state index is 0.0330. The predicted molar refractivity (Wildman–Crippen MR) is 70.8 cm³/mol. The van der Waals surface area contributed by atoms with Crippen molar-refractivity contribution in [3.8, 4) is 0 Å². The van der Waals surface area contributed by atoms with Crippen molar-refractivity contribution < 1.29 is 9.90 Å². The lowest BCUT2D eigenvalue weighted by molar-refractivity contribution is -0.126. The molecule has 0 aromatic rings. The van der Waals surface area contributed by atoms with Gasteiger partial charge in [-0.3, -0.25) is 4.79 Å². The van der Waals surface area contributed by atoms with Crippen molar-refractivity contribution in [2.45, 2.75) is 31.1 Å². The highest BCUT2D eigenvalue weighted by atomic mass is 32.2. The largest absolute Gasteiger partial charge is 0.395 e. The summed E-state index contributed by atoms with van der Waals surface area (Å²) in [4.78, 5) is 12.1. The van der Waals surface area contributed by atoms with Crippen LogP contribution in [0.1, 0.15) is 19.8 Å². The summed E-state index contributed by atoms with van der Waals surface area (Å²) in [6, 6.07) is 0.0330. The SMILES string of the molecule is CSC(CO)C(C)NC(=O)C1CC2C=CC1C2. The summed E-state index contributed by atoms with van der Waals surface area (Å²) in [5.41, 5.74) is 0. The monoisotopic (exact) mass is 255 g/mol. The Labute approximate surface area is 107 Å². The summed E-state index contributed by atoms with van der Waals surface area (Å²) in [6.07, 6.45) is 8.56. The number of fused-ring (bicyclic) bond motifs is 2. The Morgan fingerprint density at radius 3 is 2.76 bits per heavy atom. The van der Waals surface area contributed by atoms with E-state index < -0.39 is 0 Å². The number of aliphatic hydroxyl groups excluding tert-OH is 1. The maximum atomic E-state index is 12.1. The van der Waals surface area contributed by atoms with E-state index in [-0.39, 0.29) is 29.7 Å². The van der Waals surface area contributed by atoms with E-state index in [2.05, 4.69) is 17.5 Å². The number of amides is 1. The fourth-order valence-electron chi connectivity index (χ4n) is 2.94. The second kappa shape index (κ2) is 5.44. The minimum atomic E-state index is 0.0330. The number of allylic oxidation sites excluding steroid dienone is 2. The highest BCUT2D eigenvalue weighted by molar-refractivity contribution is 7.99. The van der Waals surface area contributed by atoms with Crippen molar-refractivity contribution >= 4 is 17.7 Å². The summed E-state index contributed by atoms with van der Waals surface area (Å²) < 4.78 is 0. The lowest BCUT2D eigenvalue weighted by atomic mass is 9.92. The van der Waals surface area contributed by atoms with E-state index in [1.165, 1.54) is 0 Å². The van der Waals surface area contributed by atoms with Crippen LogP contribution in [0.15, 0.2) is 12.2 Å². The zero-order chi connectivity index (χ0) is 12.4. The Kier molecular flexibility index (Phi) is 4.15. The van der Waals surface area contributed by atoms with Crippen LogP contribution in [0.4, 0.5) is 0 Å². The maximum absolute atomic E-state index is 12.1. The van der Waals surface area contributed by atoms with Crippen molar-refractivity contribution in [3.05, 3.63) is 12.2 Å². The van der Waals surface area contributed by atoms with Crippen LogP contribution in [0.25, 0.3) is 0 Å². The molecule has 0 aromatic heterocycles. The third-order valence-corrected chi connectivity index (χ3v) is 5.19. The average molecular weight is 255 g/mol. The Bertz CT molecular complexity index is 315. The quantitative estimate of drug-likeness (QED) is 0.731. The molecule has 0 aromatic carbocycles. The standard InChI is InChI=1S/C13H21NO2S/c1-8(12(7-15)17-2)14-13(16)11-6-9-3-4-10(11)5-9/h3-4,8-12,15H,5-7H2,1-2H3,(H,14,16). The van der Waals surface area contributed by atoms with Crippen molar-refractivity contribution in [1.29, 1.82) is 0 Å². The van der Waals surface area contributed by atoms with E-state index in [1.807, 2.05) is 13.2 Å². The first-order valence-corrected chi connectivity index (χ1v) is 7.56. The molecule has 2 aliphatic rings. The molecule has 1 amide bonds. The molecule has 0 aliphatic heterocycles. The average Bonchev–Trinajstić information content (AvgIpc) is 2.92. The third-order valence-electron chi connectivity index (χ3n) is 4.03. The summed E-state index contributed by atoms with van der Waals surface area (Å²) in [5, 5.41) is 12.3. The van der Waals surface area contributed by atoms with Crippen LogP contribution in [0.3, 0.4) is 0 Å². The van der Waals surface area contributed by atoms with Crippen molar-refractivity contribution in [1.82, 2.24) is 5.32 Å². The van der Waals surface area contributed by atoms with E-state index in [0.717, 1.165) is 12.8 Å². The number of aliphatic hydroxyl groups is 1. The molecule has 1 saturated carbocycles. The molecule has 5 unspecified atom stereocenters. The number of carbonyl (C=O) groups is 1. The predicted octanol–water partition coefficient (Wildman–Crippen LogP) is 1.43. The molecule has 3 nitrogen and oxygen atoms in total. The van der Waals surface area contributed by atoms with Gasteiger partial charge in [-0.2, -0.15) is 11.8 Å². The highest BCUT2D eigenvalue weighted by Crippen LogP contribution is 2.43. The van der Waals surface area contributed by atoms with Crippen LogP contribution in [-0.4, -0.2) is 35.2 Å². The van der Waals surface area contributed by atoms with Gasteiger partial charge in [0.1, 0.15) is 0 Å². The number of carbonyl (C=O) groups excluding carboxylic acids is 1. The molecule has 2 aliphatic carbocycles. The van der Waals surface area contributed by atoms with Crippen molar-refractivity contribution in [2.75, 3.05) is 12.9 Å². The Morgan fingerprint density at radius 1 is 1.53 bits per heavy atom. The molecule has 4 heteroatoms. The molecule has 0 saturated heterocycles. The normalized spacial score (nSPS) is 33.7. The summed E-state index contributed by atoms with van der Waals surface area (Å²) in [7, 11) is 0. The van der Waals surface area contributed by atoms with Crippen LogP contribution >= 0.6 is 11.8 Å². The fraction of sp³-hybridized carbons (Fsp3) is 0.769. The van der Waals surface area contributed by atoms with Gasteiger partial charge in [-0.1, -0.05) is 12.2 Å². The molecular weight excluding hydrogens is 234 g/mol. The number of rotatable bonds is 5. The lowest BCUT2D eigenvalue weighted by Gasteiger charge is -2.25. The second-order valence-corrected chi connectivity index (χ2v) is 6.22. The van der Waals surface area contributed by atoms with Gasteiger partial charge in [0.15, 0.2) is 0 Å². The lowest BCUT2D eigenvalue weighted by Crippen LogP contribution is -2.44. The van der Waals surface area contributed by atoms with Crippen LogP contribution in [0.2, 0.25) is 0 Å². The van der Waals surface area contributed by atoms with Gasteiger partial charge in [0, 0.05) is 17.2 Å². The van der Waals surface area contributed by atoms with Gasteiger partial charge in [-0.05, 0) is 37.9 Å². The maximum Gasteiger partial charge on any atom is 0.223 e. The van der Waals surface area contributed by atoms with Gasteiger partial charge in [0.2, 0.25) is 5.91 Å². The van der Waals surface area contributed by atoms with Gasteiger partial charge in [0.05, 0.1) is 6.61 Å². The molecule has 2 rings (SSSR count). The zero-order valence-electron chi connectivity index (χ0n) is 10.4. The molecule has 17 heavy (non-hydrogen) atoms. The Morgan fingerprint density at radius 2 is 2.29 bits per heavy atom. The molecule has 2 N–H and O–H groups in total. The Hall–Kier alpha value is -0.480. The van der Waals surface area contributed by atoms with E-state index in [4.69, 9.17) is 0 Å². The van der Waals surface area contributed by atoms with Gasteiger partial charge in [0.25, 0.3) is 0 Å². The topological polar surface area (TPSA) is 49.3 Å². The second-order valence-electron chi connectivity index (χ2n) is 5.14. The third kappa shape index (κ3) is 2.68. The molecule has 5 atom stereocenters. The number of hydrogen-bond acceptors (Lipinski definition) is 3. The van der Waals surface area contributed by atoms with E-state index >= 15 is 0 Å². The molecule has 0 heterocycles. The van der Waals surface area contributed by atoms with Gasteiger partial charge >= 0.3 is 0 Å². The molecule has 0 radical (unpaired) electrons. The zero-order valence-corrected chi connectivity index (χ0v) is 11.2. The first kappa shape index (κ1) is 13.0. The van der Waals surface area contributed by atoms with Gasteiger partial charge in [-0.25, -0.2) is 0 Å². The molecule has 1 fully saturated rings. The molecular formula is C13H21NO2S. The smallest absolute Gasteiger partial charge is 0.223 e. The van der Waals surface area contributed by atoms with Crippen LogP contribution in [0, 0.1) is 17.8 Å². The highest BCUT2D eigenvalue weighted by Gasteiger charge is 2.40. The molecule has 96 valence electrons. The molecule has 2 bridgehead atoms. The number of nitrogens with one attached hydrogen (secondary N) is 1. The number of thioether (sulfide) groups is 1. The van der Waals surface area contributed by atoms with Crippen LogP contribution in [-0.2, 0) is 4.79 Å². The molecule has 0 spiro atoms. The Balaban J connectivity index is 1.87. The van der Waals surface area contributed by atoms with Crippen LogP contribution in [0.5, 0.6) is 0 Å². The first-order valence-electron chi connectivity index (χ1n) is 6.28. The van der Waals surface area contributed by atoms with Gasteiger partial charge < -0.3 is 10.4 Å². The summed E-state index contributed by atoms with van der Waals surface area (Å²) in [5.74, 6) is 1.41. The van der Waals surface area contributed by atoms with E-state index in [1.54, 1.807) is 11.8 Å². The summed E-state index contributed by atoms with van der Waals surface area (Å²) in [6.45, 7) is 2.08. The van der Waals surface area contributed by atoms with Gasteiger partial charge in [-0.15, -0.1) is 0 Å². The van der Waals surface area contributed by atoms with Crippen molar-refractivity contribution in [3.63, 3.8) is 0 Å². The van der Waals surface area contributed by atoms with E-state index in [9.17, 15) is 9.90 Å². The van der Waals surface area contributed by atoms with E-state index in [0.29, 0.717) is 11.8 Å². The number of hydrogen-bond donors (Lipinski definition) is 2. The first-order chi connectivity index (χ1) is 8.15. The van der Waals surface area contributed by atoms with Crippen LogP contribution < -0.4 is 5.32 Å². The fourth-order valence-corrected chi connectivity index (χ4v) is 3.57. The van der Waals surface area contributed by atoms with Crippen molar-refractivity contribution in [2.24, 2.45) is 17.8 Å². The summed E-state index contributed by atoms with van der Waals surface area (Å²) >= 11 is 1.60.